The van der Waals surface area contributed by atoms with Gasteiger partial charge in [0.2, 0.25) is 11.8 Å². The van der Waals surface area contributed by atoms with Crippen molar-refractivity contribution in [3.63, 3.8) is 0 Å². The van der Waals surface area contributed by atoms with Crippen LogP contribution in [-0.2, 0) is 9.59 Å². The Labute approximate surface area is 161 Å². The molecule has 2 atom stereocenters. The average molecular weight is 380 g/mol. The van der Waals surface area contributed by atoms with Crippen molar-refractivity contribution < 1.29 is 9.59 Å². The standard InChI is InChI=1S/C20H33N3O2S/c1-14-8-10-23(11-9-14)16(17-7-6-12-26-17)13-21-18(24)15(2)22-19(25)20(3,4)5/h6-7,12,14-16H,8-11,13H2,1-5H3,(H,21,24)(H,22,25). The minimum Gasteiger partial charge on any atom is -0.352 e. The Balaban J connectivity index is 1.94. The highest BCUT2D eigenvalue weighted by Crippen LogP contribution is 2.29. The lowest BCUT2D eigenvalue weighted by Crippen LogP contribution is -2.50. The van der Waals surface area contributed by atoms with Gasteiger partial charge in [-0.2, -0.15) is 0 Å². The number of carbonyl (C=O) groups excluding carboxylic acids is 2. The van der Waals surface area contributed by atoms with E-state index in [4.69, 9.17) is 0 Å². The van der Waals surface area contributed by atoms with Gasteiger partial charge in [-0.1, -0.05) is 33.8 Å². The Hall–Kier alpha value is -1.40. The summed E-state index contributed by atoms with van der Waals surface area (Å²) >= 11 is 1.74. The van der Waals surface area contributed by atoms with Gasteiger partial charge in [0.25, 0.3) is 0 Å². The number of piperidine rings is 1. The van der Waals surface area contributed by atoms with E-state index in [9.17, 15) is 9.59 Å². The maximum absolute atomic E-state index is 12.5. The van der Waals surface area contributed by atoms with Crippen LogP contribution in [0.4, 0.5) is 0 Å². The van der Waals surface area contributed by atoms with Crippen molar-refractivity contribution in [1.29, 1.82) is 0 Å². The van der Waals surface area contributed by atoms with Crippen LogP contribution in [0.15, 0.2) is 17.5 Å². The van der Waals surface area contributed by atoms with E-state index in [1.165, 1.54) is 17.7 Å². The zero-order valence-electron chi connectivity index (χ0n) is 16.7. The molecule has 0 radical (unpaired) electrons. The first-order chi connectivity index (χ1) is 12.2. The molecule has 1 aromatic rings. The normalized spacial score (nSPS) is 19.0. The maximum atomic E-state index is 12.5. The molecule has 0 bridgehead atoms. The van der Waals surface area contributed by atoms with Gasteiger partial charge in [0.1, 0.15) is 6.04 Å². The van der Waals surface area contributed by atoms with Crippen LogP contribution in [0.5, 0.6) is 0 Å². The zero-order chi connectivity index (χ0) is 19.3. The quantitative estimate of drug-likeness (QED) is 0.798. The van der Waals surface area contributed by atoms with Crippen molar-refractivity contribution >= 4 is 23.2 Å². The second kappa shape index (κ2) is 9.00. The van der Waals surface area contributed by atoms with Crippen molar-refractivity contribution in [1.82, 2.24) is 15.5 Å². The number of nitrogens with one attached hydrogen (secondary N) is 2. The molecule has 2 heterocycles. The highest BCUT2D eigenvalue weighted by Gasteiger charge is 2.28. The summed E-state index contributed by atoms with van der Waals surface area (Å²) in [5.41, 5.74) is -0.501. The number of rotatable bonds is 6. The predicted molar refractivity (Wildman–Crippen MR) is 107 cm³/mol. The summed E-state index contributed by atoms with van der Waals surface area (Å²) in [7, 11) is 0. The monoisotopic (exact) mass is 379 g/mol. The molecular formula is C20H33N3O2S. The van der Waals surface area contributed by atoms with Crippen LogP contribution < -0.4 is 10.6 Å². The molecule has 1 aliphatic rings. The number of hydrogen-bond donors (Lipinski definition) is 2. The summed E-state index contributed by atoms with van der Waals surface area (Å²) < 4.78 is 0. The molecule has 0 aromatic carbocycles. The van der Waals surface area contributed by atoms with Crippen LogP contribution in [0.3, 0.4) is 0 Å². The highest BCUT2D eigenvalue weighted by atomic mass is 32.1. The zero-order valence-corrected chi connectivity index (χ0v) is 17.5. The first-order valence-electron chi connectivity index (χ1n) is 9.54. The second-order valence-corrected chi connectivity index (χ2v) is 9.42. The molecular weight excluding hydrogens is 346 g/mol. The van der Waals surface area contributed by atoms with E-state index in [0.717, 1.165) is 19.0 Å². The molecule has 0 aliphatic carbocycles. The molecule has 0 saturated carbocycles. The van der Waals surface area contributed by atoms with Crippen molar-refractivity contribution in [2.75, 3.05) is 19.6 Å². The fourth-order valence-corrected chi connectivity index (χ4v) is 3.92. The topological polar surface area (TPSA) is 61.4 Å². The number of carbonyl (C=O) groups is 2. The predicted octanol–water partition coefficient (Wildman–Crippen LogP) is 3.19. The molecule has 2 unspecified atom stereocenters. The van der Waals surface area contributed by atoms with Gasteiger partial charge < -0.3 is 10.6 Å². The first kappa shape index (κ1) is 20.9. The van der Waals surface area contributed by atoms with Crippen LogP contribution in [0.25, 0.3) is 0 Å². The van der Waals surface area contributed by atoms with Gasteiger partial charge >= 0.3 is 0 Å². The average Bonchev–Trinajstić information content (AvgIpc) is 3.09. The van der Waals surface area contributed by atoms with E-state index in [1.54, 1.807) is 18.3 Å². The molecule has 6 heteroatoms. The maximum Gasteiger partial charge on any atom is 0.242 e. The number of hydrogen-bond acceptors (Lipinski definition) is 4. The lowest BCUT2D eigenvalue weighted by atomic mass is 9.95. The molecule has 2 rings (SSSR count). The van der Waals surface area contributed by atoms with Gasteiger partial charge in [-0.3, -0.25) is 14.5 Å². The minimum atomic E-state index is -0.535. The number of nitrogens with zero attached hydrogens (tertiary/aromatic N) is 1. The molecule has 5 nitrogen and oxygen atoms in total. The molecule has 1 aliphatic heterocycles. The minimum absolute atomic E-state index is 0.111. The van der Waals surface area contributed by atoms with Crippen LogP contribution in [0.2, 0.25) is 0 Å². The molecule has 0 spiro atoms. The van der Waals surface area contributed by atoms with Crippen LogP contribution in [-0.4, -0.2) is 42.4 Å². The molecule has 1 aromatic heterocycles. The summed E-state index contributed by atoms with van der Waals surface area (Å²) in [6.07, 6.45) is 2.40. The van der Waals surface area contributed by atoms with E-state index < -0.39 is 11.5 Å². The number of amides is 2. The van der Waals surface area contributed by atoms with Gasteiger partial charge in [-0.25, -0.2) is 0 Å². The summed E-state index contributed by atoms with van der Waals surface area (Å²) in [4.78, 5) is 28.3. The third-order valence-corrected chi connectivity index (χ3v) is 6.00. The van der Waals surface area contributed by atoms with Crippen molar-refractivity contribution in [2.24, 2.45) is 11.3 Å². The molecule has 2 amide bonds. The molecule has 26 heavy (non-hydrogen) atoms. The van der Waals surface area contributed by atoms with Crippen LogP contribution in [0, 0.1) is 11.3 Å². The van der Waals surface area contributed by atoms with Crippen molar-refractivity contribution in [3.8, 4) is 0 Å². The van der Waals surface area contributed by atoms with Gasteiger partial charge in [-0.05, 0) is 50.2 Å². The lowest BCUT2D eigenvalue weighted by molar-refractivity contribution is -0.133. The third-order valence-electron chi connectivity index (χ3n) is 5.02. The number of thiophene rings is 1. The SMILES string of the molecule is CC1CCN(C(CNC(=O)C(C)NC(=O)C(C)(C)C)c2cccs2)CC1. The van der Waals surface area contributed by atoms with Crippen molar-refractivity contribution in [2.45, 2.75) is 59.5 Å². The first-order valence-corrected chi connectivity index (χ1v) is 10.4. The third kappa shape index (κ3) is 5.81. The molecule has 1 saturated heterocycles. The summed E-state index contributed by atoms with van der Waals surface area (Å²) in [6.45, 7) is 12.3. The highest BCUT2D eigenvalue weighted by molar-refractivity contribution is 7.10. The Morgan fingerprint density at radius 2 is 1.96 bits per heavy atom. The van der Waals surface area contributed by atoms with E-state index in [-0.39, 0.29) is 17.9 Å². The largest absolute Gasteiger partial charge is 0.352 e. The van der Waals surface area contributed by atoms with Gasteiger partial charge in [0.15, 0.2) is 0 Å². The number of likely N-dealkylation sites (tertiary alicyclic amines) is 1. The molecule has 2 N–H and O–H groups in total. The van der Waals surface area contributed by atoms with E-state index in [0.29, 0.717) is 6.54 Å². The lowest BCUT2D eigenvalue weighted by Gasteiger charge is -2.36. The Morgan fingerprint density at radius 3 is 2.50 bits per heavy atom. The smallest absolute Gasteiger partial charge is 0.242 e. The fraction of sp³-hybridized carbons (Fsp3) is 0.700. The summed E-state index contributed by atoms with van der Waals surface area (Å²) in [6, 6.07) is 3.88. The summed E-state index contributed by atoms with van der Waals surface area (Å²) in [5, 5.41) is 7.94. The molecule has 146 valence electrons. The van der Waals surface area contributed by atoms with Gasteiger partial charge in [0, 0.05) is 16.8 Å². The van der Waals surface area contributed by atoms with E-state index in [2.05, 4.69) is 40.0 Å². The van der Waals surface area contributed by atoms with Crippen molar-refractivity contribution in [3.05, 3.63) is 22.4 Å². The van der Waals surface area contributed by atoms with E-state index in [1.807, 2.05) is 20.8 Å². The van der Waals surface area contributed by atoms with Gasteiger partial charge in [0.05, 0.1) is 6.04 Å². The van der Waals surface area contributed by atoms with Crippen LogP contribution in [0.1, 0.15) is 58.4 Å². The fourth-order valence-electron chi connectivity index (χ4n) is 3.06. The Kier molecular flexibility index (Phi) is 7.24. The Morgan fingerprint density at radius 1 is 1.31 bits per heavy atom. The Bertz CT molecular complexity index is 587. The van der Waals surface area contributed by atoms with Gasteiger partial charge in [-0.15, -0.1) is 11.3 Å². The van der Waals surface area contributed by atoms with Crippen LogP contribution >= 0.6 is 11.3 Å². The molecule has 1 fully saturated rings. The second-order valence-electron chi connectivity index (χ2n) is 8.44. The van der Waals surface area contributed by atoms with E-state index >= 15 is 0 Å². The summed E-state index contributed by atoms with van der Waals surface area (Å²) in [5.74, 6) is 0.534.